The zero-order chi connectivity index (χ0) is 14.3. The van der Waals surface area contributed by atoms with Crippen LogP contribution in [0.1, 0.15) is 31.6 Å². The summed E-state index contributed by atoms with van der Waals surface area (Å²) >= 11 is 6.20. The van der Waals surface area contributed by atoms with Crippen molar-refractivity contribution < 1.29 is 9.84 Å². The number of aromatic nitrogens is 3. The van der Waals surface area contributed by atoms with Gasteiger partial charge in [0.1, 0.15) is 17.0 Å². The zero-order valence-corrected chi connectivity index (χ0v) is 12.0. The number of halogens is 1. The third kappa shape index (κ3) is 2.13. The molecule has 3 heterocycles. The first-order valence-electron chi connectivity index (χ1n) is 6.72. The van der Waals surface area contributed by atoms with Crippen LogP contribution >= 0.6 is 11.6 Å². The monoisotopic (exact) mass is 296 g/mol. The molecular formula is C13H17ClN4O2. The number of aliphatic hydroxyl groups excluding tert-OH is 1. The summed E-state index contributed by atoms with van der Waals surface area (Å²) in [6.07, 6.45) is 4.23. The lowest BCUT2D eigenvalue weighted by atomic mass is 10.2. The van der Waals surface area contributed by atoms with Crippen molar-refractivity contribution >= 4 is 28.6 Å². The molecule has 3 N–H and O–H groups in total. The van der Waals surface area contributed by atoms with Crippen LogP contribution in [-0.4, -0.2) is 32.4 Å². The molecule has 0 aromatic carbocycles. The second-order valence-electron chi connectivity index (χ2n) is 4.96. The van der Waals surface area contributed by atoms with E-state index < -0.39 is 0 Å². The van der Waals surface area contributed by atoms with Gasteiger partial charge in [-0.2, -0.15) is 4.98 Å². The van der Waals surface area contributed by atoms with Crippen LogP contribution in [0.25, 0.3) is 11.0 Å². The van der Waals surface area contributed by atoms with E-state index in [0.717, 1.165) is 30.2 Å². The lowest BCUT2D eigenvalue weighted by Gasteiger charge is -2.14. The highest BCUT2D eigenvalue weighted by atomic mass is 35.5. The van der Waals surface area contributed by atoms with Gasteiger partial charge in [0, 0.05) is 6.20 Å². The summed E-state index contributed by atoms with van der Waals surface area (Å²) in [5.74, 6) is 0.154. The number of rotatable bonds is 3. The molecule has 108 valence electrons. The van der Waals surface area contributed by atoms with Crippen molar-refractivity contribution in [2.24, 2.45) is 0 Å². The van der Waals surface area contributed by atoms with Gasteiger partial charge in [0.25, 0.3) is 0 Å². The Morgan fingerprint density at radius 1 is 1.50 bits per heavy atom. The van der Waals surface area contributed by atoms with E-state index in [9.17, 15) is 5.11 Å². The molecule has 0 unspecified atom stereocenters. The number of fused-ring (bicyclic) bond motifs is 1. The molecule has 20 heavy (non-hydrogen) atoms. The van der Waals surface area contributed by atoms with Crippen LogP contribution in [0, 0.1) is 0 Å². The van der Waals surface area contributed by atoms with E-state index in [4.69, 9.17) is 22.1 Å². The maximum atomic E-state index is 9.18. The van der Waals surface area contributed by atoms with Gasteiger partial charge in [0.15, 0.2) is 0 Å². The normalized spacial score (nSPS) is 22.8. The molecule has 1 aliphatic heterocycles. The first kappa shape index (κ1) is 13.6. The third-order valence-electron chi connectivity index (χ3n) is 3.70. The molecule has 0 aliphatic carbocycles. The fraction of sp³-hybridized carbons (Fsp3) is 0.538. The largest absolute Gasteiger partial charge is 0.394 e. The molecule has 0 amide bonds. The molecule has 2 aromatic rings. The van der Waals surface area contributed by atoms with Crippen molar-refractivity contribution in [2.75, 3.05) is 12.3 Å². The Morgan fingerprint density at radius 2 is 2.30 bits per heavy atom. The topological polar surface area (TPSA) is 86.2 Å². The van der Waals surface area contributed by atoms with E-state index in [2.05, 4.69) is 16.9 Å². The van der Waals surface area contributed by atoms with Crippen LogP contribution < -0.4 is 5.73 Å². The number of nitrogens with two attached hydrogens (primary N) is 1. The average molecular weight is 297 g/mol. The van der Waals surface area contributed by atoms with E-state index in [1.54, 1.807) is 0 Å². The van der Waals surface area contributed by atoms with E-state index >= 15 is 0 Å². The maximum Gasteiger partial charge on any atom is 0.223 e. The Kier molecular flexibility index (Phi) is 3.54. The molecule has 3 rings (SSSR count). The van der Waals surface area contributed by atoms with Crippen LogP contribution in [0.15, 0.2) is 6.20 Å². The number of ether oxygens (including phenoxy) is 1. The molecule has 1 saturated heterocycles. The molecule has 1 fully saturated rings. The fourth-order valence-electron chi connectivity index (χ4n) is 2.71. The van der Waals surface area contributed by atoms with Gasteiger partial charge in [-0.1, -0.05) is 18.5 Å². The first-order valence-corrected chi connectivity index (χ1v) is 7.10. The van der Waals surface area contributed by atoms with Crippen LogP contribution in [0.2, 0.25) is 5.15 Å². The van der Waals surface area contributed by atoms with E-state index in [1.165, 1.54) is 0 Å². The zero-order valence-electron chi connectivity index (χ0n) is 11.2. The number of hydrogen-bond donors (Lipinski definition) is 2. The smallest absolute Gasteiger partial charge is 0.223 e. The van der Waals surface area contributed by atoms with Gasteiger partial charge < -0.3 is 20.1 Å². The van der Waals surface area contributed by atoms with Gasteiger partial charge >= 0.3 is 0 Å². The second kappa shape index (κ2) is 5.20. The Morgan fingerprint density at radius 3 is 2.95 bits per heavy atom. The molecule has 2 atom stereocenters. The van der Waals surface area contributed by atoms with Crippen LogP contribution in [0.4, 0.5) is 5.95 Å². The molecule has 6 nitrogen and oxygen atoms in total. The summed E-state index contributed by atoms with van der Waals surface area (Å²) in [5.41, 5.74) is 7.46. The number of nitrogen functional groups attached to an aromatic ring is 1. The van der Waals surface area contributed by atoms with Crippen molar-refractivity contribution in [2.45, 2.75) is 38.5 Å². The molecule has 7 heteroatoms. The van der Waals surface area contributed by atoms with Crippen molar-refractivity contribution in [3.05, 3.63) is 16.9 Å². The summed E-state index contributed by atoms with van der Waals surface area (Å²) in [5, 5.41) is 10.4. The maximum absolute atomic E-state index is 9.18. The van der Waals surface area contributed by atoms with Crippen molar-refractivity contribution in [1.82, 2.24) is 14.5 Å². The third-order valence-corrected chi connectivity index (χ3v) is 3.98. The Balaban J connectivity index is 2.11. The van der Waals surface area contributed by atoms with Gasteiger partial charge in [-0.15, -0.1) is 0 Å². The number of anilines is 1. The van der Waals surface area contributed by atoms with Gasteiger partial charge in [-0.25, -0.2) is 4.98 Å². The summed E-state index contributed by atoms with van der Waals surface area (Å²) in [6, 6.07) is 0. The minimum atomic E-state index is -0.139. The van der Waals surface area contributed by atoms with E-state index in [-0.39, 0.29) is 24.9 Å². The van der Waals surface area contributed by atoms with E-state index in [1.807, 2.05) is 10.8 Å². The average Bonchev–Trinajstić information content (AvgIpc) is 3.01. The predicted molar refractivity (Wildman–Crippen MR) is 76.6 cm³/mol. The summed E-state index contributed by atoms with van der Waals surface area (Å²) in [7, 11) is 0. The summed E-state index contributed by atoms with van der Waals surface area (Å²) in [6.45, 7) is 2.09. The highest BCUT2D eigenvalue weighted by molar-refractivity contribution is 6.34. The minimum absolute atomic E-state index is 0.0359. The molecular weight excluding hydrogens is 280 g/mol. The lowest BCUT2D eigenvalue weighted by molar-refractivity contribution is -0.0205. The molecule has 1 aliphatic rings. The Labute approximate surface area is 121 Å². The quantitative estimate of drug-likeness (QED) is 0.845. The summed E-state index contributed by atoms with van der Waals surface area (Å²) < 4.78 is 7.76. The molecule has 2 aromatic heterocycles. The molecule has 0 bridgehead atoms. The fourth-order valence-corrected chi connectivity index (χ4v) is 3.00. The van der Waals surface area contributed by atoms with Gasteiger partial charge in [-0.3, -0.25) is 0 Å². The molecule has 0 radical (unpaired) electrons. The van der Waals surface area contributed by atoms with Crippen molar-refractivity contribution in [1.29, 1.82) is 0 Å². The minimum Gasteiger partial charge on any atom is -0.394 e. The standard InChI is InChI=1S/C13H17ClN4O2/c1-2-7-5-18(9-4-3-8(6-19)20-9)12-10(7)11(14)16-13(15)17-12/h5,8-9,19H,2-4,6H2,1H3,(H2,15,16,17)/t8-,9+/m0/s1. The Hall–Kier alpha value is -1.37. The highest BCUT2D eigenvalue weighted by Gasteiger charge is 2.28. The van der Waals surface area contributed by atoms with Crippen LogP contribution in [0.5, 0.6) is 0 Å². The number of nitrogens with zero attached hydrogens (tertiary/aromatic N) is 3. The Bertz CT molecular complexity index is 643. The first-order chi connectivity index (χ1) is 9.63. The summed E-state index contributed by atoms with van der Waals surface area (Å²) in [4.78, 5) is 8.32. The van der Waals surface area contributed by atoms with Crippen molar-refractivity contribution in [3.63, 3.8) is 0 Å². The van der Waals surface area contributed by atoms with Gasteiger partial charge in [0.05, 0.1) is 18.1 Å². The SMILES string of the molecule is CCc1cn([C@H]2CC[C@@H](CO)O2)c2nc(N)nc(Cl)c12. The number of aryl methyl sites for hydroxylation is 1. The van der Waals surface area contributed by atoms with Gasteiger partial charge in [-0.05, 0) is 24.8 Å². The predicted octanol–water partition coefficient (Wildman–Crippen LogP) is 1.90. The van der Waals surface area contributed by atoms with Gasteiger partial charge in [0.2, 0.25) is 5.95 Å². The van der Waals surface area contributed by atoms with Crippen LogP contribution in [0.3, 0.4) is 0 Å². The number of aliphatic hydroxyl groups is 1. The molecule has 0 saturated carbocycles. The van der Waals surface area contributed by atoms with Crippen LogP contribution in [-0.2, 0) is 11.2 Å². The number of hydrogen-bond acceptors (Lipinski definition) is 5. The molecule has 0 spiro atoms. The second-order valence-corrected chi connectivity index (χ2v) is 5.32. The highest BCUT2D eigenvalue weighted by Crippen LogP contribution is 2.34. The van der Waals surface area contributed by atoms with E-state index in [0.29, 0.717) is 10.8 Å². The van der Waals surface area contributed by atoms with Crippen molar-refractivity contribution in [3.8, 4) is 0 Å². The lowest BCUT2D eigenvalue weighted by Crippen LogP contribution is -2.14.